The van der Waals surface area contributed by atoms with Crippen molar-refractivity contribution in [2.45, 2.75) is 0 Å². The Hall–Kier alpha value is -2.04. The highest BCUT2D eigenvalue weighted by Crippen LogP contribution is 2.19. The Bertz CT molecular complexity index is 496. The zero-order chi connectivity index (χ0) is 10.8. The van der Waals surface area contributed by atoms with Gasteiger partial charge in [0, 0.05) is 25.3 Å². The van der Waals surface area contributed by atoms with Crippen molar-refractivity contribution in [1.82, 2.24) is 10.2 Å². The first-order valence-electron chi connectivity index (χ1n) is 4.50. The molecule has 0 aliphatic carbocycles. The molecule has 15 heavy (non-hydrogen) atoms. The summed E-state index contributed by atoms with van der Waals surface area (Å²) in [5.74, 6) is -0.230. The van der Waals surface area contributed by atoms with Crippen molar-refractivity contribution in [2.75, 3.05) is 19.0 Å². The topological polar surface area (TPSA) is 62.1 Å². The van der Waals surface area contributed by atoms with Crippen LogP contribution >= 0.6 is 0 Å². The monoisotopic (exact) mass is 205 g/mol. The van der Waals surface area contributed by atoms with Crippen molar-refractivity contribution >= 4 is 5.69 Å². The molecule has 0 radical (unpaired) electrons. The predicted octanol–water partition coefficient (Wildman–Crippen LogP) is 1.10. The van der Waals surface area contributed by atoms with Gasteiger partial charge in [-0.25, -0.2) is 9.89 Å². The molecule has 0 unspecified atom stereocenters. The Kier molecular flexibility index (Phi) is 2.29. The lowest BCUT2D eigenvalue weighted by Crippen LogP contribution is -2.07. The van der Waals surface area contributed by atoms with Gasteiger partial charge >= 0.3 is 5.76 Å². The molecule has 0 atom stereocenters. The van der Waals surface area contributed by atoms with E-state index in [1.807, 2.05) is 43.3 Å². The molecule has 0 bridgehead atoms. The van der Waals surface area contributed by atoms with Crippen molar-refractivity contribution in [2.24, 2.45) is 0 Å². The molecule has 78 valence electrons. The predicted molar refractivity (Wildman–Crippen MR) is 56.9 cm³/mol. The number of benzene rings is 1. The quantitative estimate of drug-likeness (QED) is 0.797. The van der Waals surface area contributed by atoms with Crippen molar-refractivity contribution in [3.05, 3.63) is 34.8 Å². The van der Waals surface area contributed by atoms with Gasteiger partial charge in [0.15, 0.2) is 0 Å². The third-order valence-electron chi connectivity index (χ3n) is 2.07. The second-order valence-electron chi connectivity index (χ2n) is 3.36. The van der Waals surface area contributed by atoms with Gasteiger partial charge in [-0.2, -0.15) is 0 Å². The van der Waals surface area contributed by atoms with Gasteiger partial charge in [0.05, 0.1) is 0 Å². The summed E-state index contributed by atoms with van der Waals surface area (Å²) in [5.41, 5.74) is 1.86. The maximum Gasteiger partial charge on any atom is 0.434 e. The molecule has 0 aliphatic rings. The van der Waals surface area contributed by atoms with Crippen LogP contribution in [0.15, 0.2) is 33.5 Å². The summed E-state index contributed by atoms with van der Waals surface area (Å²) in [6.45, 7) is 0. The summed E-state index contributed by atoms with van der Waals surface area (Å²) >= 11 is 0. The molecule has 0 amide bonds. The number of aromatic nitrogens is 2. The summed E-state index contributed by atoms with van der Waals surface area (Å²) in [7, 11) is 3.92. The molecule has 0 saturated heterocycles. The summed E-state index contributed by atoms with van der Waals surface area (Å²) < 4.78 is 4.83. The van der Waals surface area contributed by atoms with Gasteiger partial charge in [-0.15, -0.1) is 5.10 Å². The summed E-state index contributed by atoms with van der Waals surface area (Å²) in [6, 6.07) is 7.58. The lowest BCUT2D eigenvalue weighted by Gasteiger charge is -2.11. The maximum absolute atomic E-state index is 10.7. The molecule has 5 nitrogen and oxygen atoms in total. The molecule has 0 spiro atoms. The number of H-pyrrole nitrogens is 1. The van der Waals surface area contributed by atoms with Crippen LogP contribution in [0, 0.1) is 0 Å². The molecule has 1 heterocycles. The van der Waals surface area contributed by atoms with E-state index in [1.54, 1.807) is 0 Å². The van der Waals surface area contributed by atoms with Gasteiger partial charge in [0.25, 0.3) is 0 Å². The second kappa shape index (κ2) is 3.61. The Balaban J connectivity index is 2.35. The van der Waals surface area contributed by atoms with Crippen LogP contribution in [-0.4, -0.2) is 24.3 Å². The fourth-order valence-electron chi connectivity index (χ4n) is 1.26. The van der Waals surface area contributed by atoms with E-state index in [2.05, 4.69) is 10.2 Å². The first kappa shape index (κ1) is 9.51. The summed E-state index contributed by atoms with van der Waals surface area (Å²) in [6.07, 6.45) is 0. The molecule has 0 fully saturated rings. The van der Waals surface area contributed by atoms with Gasteiger partial charge in [-0.1, -0.05) is 0 Å². The smallest absolute Gasteiger partial charge is 0.388 e. The Morgan fingerprint density at radius 2 is 1.93 bits per heavy atom. The zero-order valence-electron chi connectivity index (χ0n) is 8.52. The molecule has 2 aromatic rings. The van der Waals surface area contributed by atoms with E-state index < -0.39 is 5.76 Å². The molecular weight excluding hydrogens is 194 g/mol. The van der Waals surface area contributed by atoms with Crippen LogP contribution in [0.3, 0.4) is 0 Å². The number of aromatic amines is 1. The Morgan fingerprint density at radius 3 is 2.40 bits per heavy atom. The molecule has 1 aromatic carbocycles. The molecule has 2 rings (SSSR count). The summed E-state index contributed by atoms with van der Waals surface area (Å²) in [4.78, 5) is 12.7. The van der Waals surface area contributed by atoms with Crippen LogP contribution in [0.25, 0.3) is 11.5 Å². The normalized spacial score (nSPS) is 10.3. The fourth-order valence-corrected chi connectivity index (χ4v) is 1.26. The SMILES string of the molecule is CN(C)c1ccc(-c2n[nH]c(=O)o2)cc1. The van der Waals surface area contributed by atoms with Crippen molar-refractivity contribution in [3.8, 4) is 11.5 Å². The molecule has 5 heteroatoms. The average molecular weight is 205 g/mol. The molecule has 0 aliphatic heterocycles. The first-order chi connectivity index (χ1) is 7.16. The maximum atomic E-state index is 10.7. The van der Waals surface area contributed by atoms with Gasteiger partial charge in [-0.3, -0.25) is 0 Å². The van der Waals surface area contributed by atoms with Crippen LogP contribution in [0.1, 0.15) is 0 Å². The summed E-state index contributed by atoms with van der Waals surface area (Å²) in [5, 5.41) is 5.96. The molecule has 1 N–H and O–H groups in total. The first-order valence-corrected chi connectivity index (χ1v) is 4.50. The molecule has 0 saturated carbocycles. The average Bonchev–Trinajstić information content (AvgIpc) is 2.65. The number of anilines is 1. The zero-order valence-corrected chi connectivity index (χ0v) is 8.52. The van der Waals surface area contributed by atoms with Gasteiger partial charge in [-0.05, 0) is 24.3 Å². The lowest BCUT2D eigenvalue weighted by atomic mass is 10.2. The standard InChI is InChI=1S/C10H11N3O2/c1-13(2)8-5-3-7(4-6-8)9-11-12-10(14)15-9/h3-6H,1-2H3,(H,12,14). The highest BCUT2D eigenvalue weighted by Gasteiger charge is 2.04. The highest BCUT2D eigenvalue weighted by molar-refractivity contribution is 5.58. The van der Waals surface area contributed by atoms with E-state index >= 15 is 0 Å². The van der Waals surface area contributed by atoms with E-state index in [4.69, 9.17) is 4.42 Å². The van der Waals surface area contributed by atoms with Crippen LogP contribution < -0.4 is 10.7 Å². The molecular formula is C10H11N3O2. The lowest BCUT2D eigenvalue weighted by molar-refractivity contribution is 0.527. The third-order valence-corrected chi connectivity index (χ3v) is 2.07. The van der Waals surface area contributed by atoms with Crippen LogP contribution in [0.4, 0.5) is 5.69 Å². The largest absolute Gasteiger partial charge is 0.434 e. The number of rotatable bonds is 2. The van der Waals surface area contributed by atoms with Crippen molar-refractivity contribution in [3.63, 3.8) is 0 Å². The van der Waals surface area contributed by atoms with Crippen molar-refractivity contribution < 1.29 is 4.42 Å². The van der Waals surface area contributed by atoms with Crippen LogP contribution in [0.5, 0.6) is 0 Å². The van der Waals surface area contributed by atoms with Gasteiger partial charge < -0.3 is 9.32 Å². The fraction of sp³-hybridized carbons (Fsp3) is 0.200. The Labute approximate surface area is 86.3 Å². The minimum Gasteiger partial charge on any atom is -0.388 e. The van der Waals surface area contributed by atoms with E-state index in [1.165, 1.54) is 0 Å². The van der Waals surface area contributed by atoms with Crippen LogP contribution in [-0.2, 0) is 0 Å². The van der Waals surface area contributed by atoms with Crippen LogP contribution in [0.2, 0.25) is 0 Å². The van der Waals surface area contributed by atoms with Crippen molar-refractivity contribution in [1.29, 1.82) is 0 Å². The van der Waals surface area contributed by atoms with Gasteiger partial charge in [0.1, 0.15) is 0 Å². The van der Waals surface area contributed by atoms with Gasteiger partial charge in [0.2, 0.25) is 5.89 Å². The minimum absolute atomic E-state index is 0.310. The molecule has 1 aromatic heterocycles. The van der Waals surface area contributed by atoms with E-state index in [0.29, 0.717) is 5.89 Å². The number of nitrogens with one attached hydrogen (secondary N) is 1. The highest BCUT2D eigenvalue weighted by atomic mass is 16.4. The van der Waals surface area contributed by atoms with E-state index in [-0.39, 0.29) is 0 Å². The second-order valence-corrected chi connectivity index (χ2v) is 3.36. The number of hydrogen-bond donors (Lipinski definition) is 1. The number of hydrogen-bond acceptors (Lipinski definition) is 4. The van der Waals surface area contributed by atoms with E-state index in [0.717, 1.165) is 11.3 Å². The minimum atomic E-state index is -0.540. The third kappa shape index (κ3) is 1.90. The van der Waals surface area contributed by atoms with E-state index in [9.17, 15) is 4.79 Å². The number of nitrogens with zero attached hydrogens (tertiary/aromatic N) is 2. The Morgan fingerprint density at radius 1 is 1.27 bits per heavy atom.